The molecule has 0 aliphatic rings. The van der Waals surface area contributed by atoms with Gasteiger partial charge in [0, 0.05) is 25.4 Å². The van der Waals surface area contributed by atoms with E-state index in [1.165, 1.54) is 0 Å². The number of aromatic nitrogens is 2. The third-order valence-electron chi connectivity index (χ3n) is 2.89. The molecule has 2 aromatic rings. The lowest BCUT2D eigenvalue weighted by Gasteiger charge is -2.07. The van der Waals surface area contributed by atoms with Crippen LogP contribution in [0.1, 0.15) is 18.9 Å². The number of benzene rings is 1. The Bertz CT molecular complexity index is 520. The van der Waals surface area contributed by atoms with Crippen LogP contribution in [0.5, 0.6) is 0 Å². The number of rotatable bonds is 5. The van der Waals surface area contributed by atoms with Crippen molar-refractivity contribution in [2.45, 2.75) is 19.9 Å². The van der Waals surface area contributed by atoms with Gasteiger partial charge in [-0.2, -0.15) is 5.10 Å². The summed E-state index contributed by atoms with van der Waals surface area (Å²) < 4.78 is 15.7. The van der Waals surface area contributed by atoms with Crippen LogP contribution < -0.4 is 5.32 Å². The fourth-order valence-corrected chi connectivity index (χ4v) is 1.92. The maximum absolute atomic E-state index is 14.0. The van der Waals surface area contributed by atoms with Gasteiger partial charge in [0.1, 0.15) is 5.82 Å². The highest BCUT2D eigenvalue weighted by atomic mass is 19.1. The monoisotopic (exact) mass is 247 g/mol. The van der Waals surface area contributed by atoms with E-state index in [0.29, 0.717) is 12.1 Å². The predicted octanol–water partition coefficient (Wildman–Crippen LogP) is 2.73. The van der Waals surface area contributed by atoms with Crippen molar-refractivity contribution in [1.29, 1.82) is 0 Å². The minimum absolute atomic E-state index is 0.200. The van der Waals surface area contributed by atoms with E-state index in [-0.39, 0.29) is 5.82 Å². The van der Waals surface area contributed by atoms with Gasteiger partial charge in [-0.25, -0.2) is 4.39 Å². The normalized spacial score (nSPS) is 10.8. The van der Waals surface area contributed by atoms with Crippen molar-refractivity contribution < 1.29 is 4.39 Å². The molecule has 0 spiro atoms. The Balaban J connectivity index is 2.18. The quantitative estimate of drug-likeness (QED) is 0.823. The Morgan fingerprint density at radius 2 is 2.17 bits per heavy atom. The smallest absolute Gasteiger partial charge is 0.132 e. The SMILES string of the molecule is CCCNCc1ccc(-c2ccnn2C)c(F)c1. The second-order valence-electron chi connectivity index (χ2n) is 4.33. The Labute approximate surface area is 107 Å². The van der Waals surface area contributed by atoms with E-state index in [1.807, 2.05) is 25.2 Å². The predicted molar refractivity (Wildman–Crippen MR) is 70.6 cm³/mol. The molecule has 3 nitrogen and oxygen atoms in total. The van der Waals surface area contributed by atoms with Crippen molar-refractivity contribution >= 4 is 0 Å². The van der Waals surface area contributed by atoms with E-state index in [0.717, 1.165) is 24.2 Å². The topological polar surface area (TPSA) is 29.9 Å². The van der Waals surface area contributed by atoms with Crippen LogP contribution in [0.2, 0.25) is 0 Å². The van der Waals surface area contributed by atoms with Crippen LogP contribution in [-0.4, -0.2) is 16.3 Å². The van der Waals surface area contributed by atoms with Gasteiger partial charge >= 0.3 is 0 Å². The first kappa shape index (κ1) is 12.8. The molecule has 0 aliphatic carbocycles. The van der Waals surface area contributed by atoms with Crippen LogP contribution in [-0.2, 0) is 13.6 Å². The summed E-state index contributed by atoms with van der Waals surface area (Å²) in [6, 6.07) is 7.17. The molecule has 0 atom stereocenters. The standard InChI is InChI=1S/C14H18FN3/c1-3-7-16-10-11-4-5-12(13(15)9-11)14-6-8-17-18(14)2/h4-6,8-9,16H,3,7,10H2,1-2H3. The number of nitrogens with zero attached hydrogens (tertiary/aromatic N) is 2. The third-order valence-corrected chi connectivity index (χ3v) is 2.89. The van der Waals surface area contributed by atoms with Gasteiger partial charge in [-0.3, -0.25) is 4.68 Å². The maximum Gasteiger partial charge on any atom is 0.132 e. The molecule has 1 aromatic carbocycles. The van der Waals surface area contributed by atoms with E-state index in [1.54, 1.807) is 16.9 Å². The molecule has 0 saturated carbocycles. The van der Waals surface area contributed by atoms with E-state index < -0.39 is 0 Å². The van der Waals surface area contributed by atoms with Crippen molar-refractivity contribution in [2.24, 2.45) is 7.05 Å². The Morgan fingerprint density at radius 1 is 1.33 bits per heavy atom. The maximum atomic E-state index is 14.0. The fraction of sp³-hybridized carbons (Fsp3) is 0.357. The van der Waals surface area contributed by atoms with Gasteiger partial charge in [0.05, 0.1) is 5.69 Å². The zero-order valence-corrected chi connectivity index (χ0v) is 10.8. The van der Waals surface area contributed by atoms with Crippen molar-refractivity contribution in [3.63, 3.8) is 0 Å². The van der Waals surface area contributed by atoms with Gasteiger partial charge in [0.15, 0.2) is 0 Å². The molecule has 1 heterocycles. The Kier molecular flexibility index (Phi) is 4.10. The molecular formula is C14H18FN3. The highest BCUT2D eigenvalue weighted by Crippen LogP contribution is 2.22. The van der Waals surface area contributed by atoms with E-state index in [4.69, 9.17) is 0 Å². The van der Waals surface area contributed by atoms with E-state index in [9.17, 15) is 4.39 Å². The molecule has 1 N–H and O–H groups in total. The Hall–Kier alpha value is -1.68. The van der Waals surface area contributed by atoms with Crippen LogP contribution in [0.4, 0.5) is 4.39 Å². The second kappa shape index (κ2) is 5.78. The largest absolute Gasteiger partial charge is 0.313 e. The lowest BCUT2D eigenvalue weighted by molar-refractivity contribution is 0.619. The summed E-state index contributed by atoms with van der Waals surface area (Å²) in [7, 11) is 1.81. The van der Waals surface area contributed by atoms with Gasteiger partial charge in [0.25, 0.3) is 0 Å². The number of hydrogen-bond acceptors (Lipinski definition) is 2. The Morgan fingerprint density at radius 3 is 2.78 bits per heavy atom. The van der Waals surface area contributed by atoms with Gasteiger partial charge < -0.3 is 5.32 Å². The average molecular weight is 247 g/mol. The van der Waals surface area contributed by atoms with Gasteiger partial charge in [-0.05, 0) is 36.7 Å². The van der Waals surface area contributed by atoms with Crippen molar-refractivity contribution in [2.75, 3.05) is 6.54 Å². The highest BCUT2D eigenvalue weighted by molar-refractivity contribution is 5.60. The number of aryl methyl sites for hydroxylation is 1. The summed E-state index contributed by atoms with van der Waals surface area (Å²) in [5, 5.41) is 7.31. The van der Waals surface area contributed by atoms with Crippen LogP contribution in [0.3, 0.4) is 0 Å². The van der Waals surface area contributed by atoms with Crippen molar-refractivity contribution in [1.82, 2.24) is 15.1 Å². The van der Waals surface area contributed by atoms with E-state index >= 15 is 0 Å². The van der Waals surface area contributed by atoms with E-state index in [2.05, 4.69) is 17.3 Å². The summed E-state index contributed by atoms with van der Waals surface area (Å²) in [5.74, 6) is -0.200. The molecule has 2 rings (SSSR count). The highest BCUT2D eigenvalue weighted by Gasteiger charge is 2.09. The molecule has 0 amide bonds. The molecule has 1 aromatic heterocycles. The first-order valence-electron chi connectivity index (χ1n) is 6.20. The summed E-state index contributed by atoms with van der Waals surface area (Å²) >= 11 is 0. The first-order valence-corrected chi connectivity index (χ1v) is 6.20. The third kappa shape index (κ3) is 2.76. The molecule has 0 unspecified atom stereocenters. The zero-order valence-electron chi connectivity index (χ0n) is 10.8. The minimum atomic E-state index is -0.200. The lowest BCUT2D eigenvalue weighted by atomic mass is 10.1. The lowest BCUT2D eigenvalue weighted by Crippen LogP contribution is -2.13. The molecular weight excluding hydrogens is 229 g/mol. The molecule has 0 bridgehead atoms. The van der Waals surface area contributed by atoms with Crippen molar-refractivity contribution in [3.05, 3.63) is 41.8 Å². The summed E-state index contributed by atoms with van der Waals surface area (Å²) in [6.07, 6.45) is 2.75. The fourth-order valence-electron chi connectivity index (χ4n) is 1.92. The zero-order chi connectivity index (χ0) is 13.0. The summed E-state index contributed by atoms with van der Waals surface area (Å²) in [4.78, 5) is 0. The molecule has 0 radical (unpaired) electrons. The van der Waals surface area contributed by atoms with Gasteiger partial charge in [0.2, 0.25) is 0 Å². The van der Waals surface area contributed by atoms with Gasteiger partial charge in [-0.1, -0.05) is 13.0 Å². The first-order chi connectivity index (χ1) is 8.72. The molecule has 0 saturated heterocycles. The van der Waals surface area contributed by atoms with Crippen molar-refractivity contribution in [3.8, 4) is 11.3 Å². The number of halogens is 1. The summed E-state index contributed by atoms with van der Waals surface area (Å²) in [5.41, 5.74) is 2.35. The summed E-state index contributed by atoms with van der Waals surface area (Å²) in [6.45, 7) is 3.76. The molecule has 4 heteroatoms. The minimum Gasteiger partial charge on any atom is -0.313 e. The number of hydrogen-bond donors (Lipinski definition) is 1. The van der Waals surface area contributed by atoms with Crippen LogP contribution in [0.25, 0.3) is 11.3 Å². The molecule has 0 aliphatic heterocycles. The van der Waals surface area contributed by atoms with Crippen LogP contribution in [0, 0.1) is 5.82 Å². The average Bonchev–Trinajstić information content (AvgIpc) is 2.76. The molecule has 0 fully saturated rings. The molecule has 96 valence electrons. The molecule has 18 heavy (non-hydrogen) atoms. The number of nitrogens with one attached hydrogen (secondary N) is 1. The van der Waals surface area contributed by atoms with Gasteiger partial charge in [-0.15, -0.1) is 0 Å². The second-order valence-corrected chi connectivity index (χ2v) is 4.33. The van der Waals surface area contributed by atoms with Crippen LogP contribution >= 0.6 is 0 Å². The van der Waals surface area contributed by atoms with Crippen LogP contribution in [0.15, 0.2) is 30.5 Å².